The Bertz CT molecular complexity index is 1350. The van der Waals surface area contributed by atoms with Crippen LogP contribution in [0.1, 0.15) is 68.6 Å². The number of hydrogen-bond acceptors (Lipinski definition) is 7. The minimum atomic E-state index is -4.46. The molecule has 2 amide bonds. The molecule has 8 nitrogen and oxygen atoms in total. The van der Waals surface area contributed by atoms with E-state index in [-0.39, 0.29) is 63.8 Å². The van der Waals surface area contributed by atoms with Gasteiger partial charge in [0, 0.05) is 22.7 Å². The number of amides is 2. The summed E-state index contributed by atoms with van der Waals surface area (Å²) in [4.78, 5) is 38.7. The Kier molecular flexibility index (Phi) is 12.0. The van der Waals surface area contributed by atoms with Gasteiger partial charge in [-0.2, -0.15) is 13.2 Å². The molecule has 0 spiro atoms. The van der Waals surface area contributed by atoms with Gasteiger partial charge < -0.3 is 24.8 Å². The Balaban J connectivity index is 1.37. The van der Waals surface area contributed by atoms with E-state index >= 15 is 0 Å². The Morgan fingerprint density at radius 1 is 1.04 bits per heavy atom. The maximum Gasteiger partial charge on any atom is 0.446 e. The van der Waals surface area contributed by atoms with Crippen LogP contribution >= 0.6 is 11.8 Å². The number of nitrogens with one attached hydrogen (secondary N) is 2. The monoisotopic (exact) mass is 654 g/mol. The van der Waals surface area contributed by atoms with Gasteiger partial charge in [-0.25, -0.2) is 4.39 Å². The van der Waals surface area contributed by atoms with E-state index in [0.29, 0.717) is 32.3 Å². The van der Waals surface area contributed by atoms with E-state index < -0.39 is 35.1 Å². The summed E-state index contributed by atoms with van der Waals surface area (Å²) in [6.07, 6.45) is 5.37. The average molecular weight is 655 g/mol. The SMILES string of the molecule is CCCCOC(=O)C1CC(COc2cc(C(=O)NC3CCCCC3C(=O)Nc3cccc(SC(F)(F)F)c3)c(OC)cc2F)C1. The Labute approximate surface area is 263 Å². The highest BCUT2D eigenvalue weighted by Crippen LogP contribution is 2.38. The van der Waals surface area contributed by atoms with E-state index in [1.807, 2.05) is 6.92 Å². The van der Waals surface area contributed by atoms with E-state index in [4.69, 9.17) is 14.2 Å². The van der Waals surface area contributed by atoms with Crippen LogP contribution in [0.2, 0.25) is 0 Å². The number of halogens is 4. The van der Waals surface area contributed by atoms with Crippen LogP contribution < -0.4 is 20.1 Å². The van der Waals surface area contributed by atoms with E-state index in [9.17, 15) is 31.9 Å². The molecule has 246 valence electrons. The molecule has 0 radical (unpaired) electrons. The molecule has 0 bridgehead atoms. The van der Waals surface area contributed by atoms with Crippen LogP contribution in [0.5, 0.6) is 11.5 Å². The van der Waals surface area contributed by atoms with Gasteiger partial charge in [0.25, 0.3) is 5.91 Å². The average Bonchev–Trinajstić information content (AvgIpc) is 2.96. The maximum absolute atomic E-state index is 14.9. The number of anilines is 1. The smallest absolute Gasteiger partial charge is 0.446 e. The summed E-state index contributed by atoms with van der Waals surface area (Å²) in [5, 5.41) is 5.57. The fraction of sp³-hybridized carbons (Fsp3) is 0.531. The van der Waals surface area contributed by atoms with Crippen LogP contribution in [0.4, 0.5) is 23.2 Å². The van der Waals surface area contributed by atoms with E-state index in [2.05, 4.69) is 10.6 Å². The van der Waals surface area contributed by atoms with Crippen molar-refractivity contribution < 1.29 is 46.2 Å². The van der Waals surface area contributed by atoms with Gasteiger partial charge in [-0.3, -0.25) is 14.4 Å². The summed E-state index contributed by atoms with van der Waals surface area (Å²) in [6, 6.07) is 7.25. The molecule has 2 unspecified atom stereocenters. The number of ether oxygens (including phenoxy) is 3. The van der Waals surface area contributed by atoms with Gasteiger partial charge in [0.15, 0.2) is 11.6 Å². The fourth-order valence-corrected chi connectivity index (χ4v) is 6.17. The van der Waals surface area contributed by atoms with Crippen LogP contribution in [0.3, 0.4) is 0 Å². The Morgan fingerprint density at radius 3 is 2.51 bits per heavy atom. The number of rotatable bonds is 13. The van der Waals surface area contributed by atoms with E-state index in [1.54, 1.807) is 0 Å². The van der Waals surface area contributed by atoms with Crippen molar-refractivity contribution in [3.05, 3.63) is 47.8 Å². The number of esters is 1. The second kappa shape index (κ2) is 15.7. The summed E-state index contributed by atoms with van der Waals surface area (Å²) in [5.41, 5.74) is -4.21. The number of hydrogen-bond donors (Lipinski definition) is 2. The van der Waals surface area contributed by atoms with Crippen molar-refractivity contribution in [2.45, 2.75) is 74.7 Å². The topological polar surface area (TPSA) is 103 Å². The zero-order chi connectivity index (χ0) is 32.6. The summed E-state index contributed by atoms with van der Waals surface area (Å²) < 4.78 is 69.5. The lowest BCUT2D eigenvalue weighted by molar-refractivity contribution is -0.153. The number of carbonyl (C=O) groups is 3. The largest absolute Gasteiger partial charge is 0.496 e. The van der Waals surface area contributed by atoms with Crippen LogP contribution in [-0.2, 0) is 14.3 Å². The van der Waals surface area contributed by atoms with E-state index in [0.717, 1.165) is 31.7 Å². The molecule has 2 saturated carbocycles. The first kappa shape index (κ1) is 34.4. The minimum Gasteiger partial charge on any atom is -0.496 e. The molecule has 2 aromatic carbocycles. The molecule has 4 rings (SSSR count). The first-order valence-electron chi connectivity index (χ1n) is 15.1. The summed E-state index contributed by atoms with van der Waals surface area (Å²) in [6.45, 7) is 2.58. The molecule has 2 N–H and O–H groups in total. The molecular formula is C32H38F4N2O6S. The highest BCUT2D eigenvalue weighted by Gasteiger charge is 2.37. The molecule has 2 atom stereocenters. The molecule has 13 heteroatoms. The van der Waals surface area contributed by atoms with Gasteiger partial charge in [-0.05, 0) is 74.0 Å². The van der Waals surface area contributed by atoms with Crippen LogP contribution in [0.25, 0.3) is 0 Å². The maximum atomic E-state index is 14.9. The standard InChI is InChI=1S/C32H38F4N2O6S/c1-3-4-12-43-31(41)20-13-19(14-20)18-44-28-16-24(27(42-2)17-25(28)33)30(40)38-26-11-6-5-10-23(26)29(39)37-21-8-7-9-22(15-21)45-32(34,35)36/h7-9,15-17,19-20,23,26H,3-6,10-14,18H2,1-2H3,(H,37,39)(H,38,40). The van der Waals surface area contributed by atoms with Crippen LogP contribution in [-0.4, -0.2) is 49.7 Å². The first-order valence-corrected chi connectivity index (χ1v) is 15.9. The van der Waals surface area contributed by atoms with Crippen molar-refractivity contribution in [3.8, 4) is 11.5 Å². The lowest BCUT2D eigenvalue weighted by Gasteiger charge is -2.33. The Morgan fingerprint density at radius 2 is 1.80 bits per heavy atom. The molecule has 0 aliphatic heterocycles. The Hall–Kier alpha value is -3.48. The fourth-order valence-electron chi connectivity index (χ4n) is 5.57. The van der Waals surface area contributed by atoms with Crippen LogP contribution in [0.15, 0.2) is 41.3 Å². The van der Waals surface area contributed by atoms with Gasteiger partial charge in [0.05, 0.1) is 37.7 Å². The zero-order valence-corrected chi connectivity index (χ0v) is 26.0. The van der Waals surface area contributed by atoms with Crippen molar-refractivity contribution in [2.75, 3.05) is 25.6 Å². The van der Waals surface area contributed by atoms with Crippen molar-refractivity contribution in [2.24, 2.45) is 17.8 Å². The van der Waals surface area contributed by atoms with Crippen molar-refractivity contribution in [1.29, 1.82) is 0 Å². The summed E-state index contributed by atoms with van der Waals surface area (Å²) in [7, 11) is 1.31. The van der Waals surface area contributed by atoms with Gasteiger partial charge in [0.2, 0.25) is 5.91 Å². The molecule has 2 aliphatic rings. The van der Waals surface area contributed by atoms with Gasteiger partial charge in [0.1, 0.15) is 5.75 Å². The molecular weight excluding hydrogens is 616 g/mol. The predicted molar refractivity (Wildman–Crippen MR) is 161 cm³/mol. The van der Waals surface area contributed by atoms with Crippen molar-refractivity contribution in [1.82, 2.24) is 5.32 Å². The number of carbonyl (C=O) groups excluding carboxylic acids is 3. The highest BCUT2D eigenvalue weighted by atomic mass is 32.2. The first-order chi connectivity index (χ1) is 21.5. The number of methoxy groups -OCH3 is 1. The third kappa shape index (κ3) is 9.75. The summed E-state index contributed by atoms with van der Waals surface area (Å²) in [5.74, 6) is -2.86. The lowest BCUT2D eigenvalue weighted by Crippen LogP contribution is -2.46. The lowest BCUT2D eigenvalue weighted by atomic mass is 9.75. The van der Waals surface area contributed by atoms with Crippen molar-refractivity contribution in [3.63, 3.8) is 0 Å². The van der Waals surface area contributed by atoms with Gasteiger partial charge >= 0.3 is 11.5 Å². The second-order valence-electron chi connectivity index (χ2n) is 11.4. The van der Waals surface area contributed by atoms with Crippen molar-refractivity contribution >= 4 is 35.2 Å². The number of thioether (sulfide) groups is 1. The van der Waals surface area contributed by atoms with Gasteiger partial charge in [-0.15, -0.1) is 0 Å². The third-order valence-electron chi connectivity index (χ3n) is 8.04. The number of benzene rings is 2. The molecule has 45 heavy (non-hydrogen) atoms. The molecule has 2 aliphatic carbocycles. The minimum absolute atomic E-state index is 0.00771. The quantitative estimate of drug-likeness (QED) is 0.103. The third-order valence-corrected chi connectivity index (χ3v) is 8.76. The molecule has 0 aromatic heterocycles. The van der Waals surface area contributed by atoms with E-state index in [1.165, 1.54) is 37.4 Å². The van der Waals surface area contributed by atoms with Crippen LogP contribution in [0, 0.1) is 23.6 Å². The molecule has 0 saturated heterocycles. The molecule has 2 fully saturated rings. The highest BCUT2D eigenvalue weighted by molar-refractivity contribution is 8.00. The predicted octanol–water partition coefficient (Wildman–Crippen LogP) is 7.12. The molecule has 0 heterocycles. The molecule has 2 aromatic rings. The van der Waals surface area contributed by atoms with Gasteiger partial charge in [-0.1, -0.05) is 32.3 Å². The zero-order valence-electron chi connectivity index (χ0n) is 25.2. The number of unbranched alkanes of at least 4 members (excludes halogenated alkanes) is 1. The number of alkyl halides is 3. The summed E-state index contributed by atoms with van der Waals surface area (Å²) >= 11 is -0.272. The normalized spacial score (nSPS) is 21.3. The second-order valence-corrected chi connectivity index (χ2v) is 12.5.